The van der Waals surface area contributed by atoms with Gasteiger partial charge in [0.1, 0.15) is 17.6 Å². The number of carbonyl (C=O) groups excluding carboxylic acids is 2. The van der Waals surface area contributed by atoms with Gasteiger partial charge in [-0.05, 0) is 31.4 Å². The van der Waals surface area contributed by atoms with Crippen LogP contribution in [0.25, 0.3) is 10.3 Å². The average Bonchev–Trinajstić information content (AvgIpc) is 3.26. The molecule has 1 saturated heterocycles. The molecule has 2 N–H and O–H groups in total. The summed E-state index contributed by atoms with van der Waals surface area (Å²) < 4.78 is 1.70. The Hall–Kier alpha value is -2.98. The number of amides is 2. The summed E-state index contributed by atoms with van der Waals surface area (Å²) in [7, 11) is 0. The molecule has 2 amide bonds. The van der Waals surface area contributed by atoms with E-state index in [-0.39, 0.29) is 36.4 Å². The van der Waals surface area contributed by atoms with Gasteiger partial charge in [0.05, 0.1) is 0 Å². The van der Waals surface area contributed by atoms with Crippen LogP contribution in [-0.2, 0) is 22.7 Å². The molecule has 0 aliphatic carbocycles. The number of halogens is 1. The van der Waals surface area contributed by atoms with Crippen LogP contribution in [0.2, 0.25) is 5.02 Å². The summed E-state index contributed by atoms with van der Waals surface area (Å²) in [4.78, 5) is 48.2. The van der Waals surface area contributed by atoms with Crippen molar-refractivity contribution in [3.63, 3.8) is 0 Å². The quantitative estimate of drug-likeness (QED) is 0.527. The van der Waals surface area contributed by atoms with Crippen LogP contribution in [0.3, 0.4) is 0 Å². The van der Waals surface area contributed by atoms with Crippen molar-refractivity contribution in [3.05, 3.63) is 51.5 Å². The standard InChI is InChI=1S/C22H25ClN6O3S/c1-2-24-20(31)14-7-9-28(10-8-14)22-27-19-18(33-22)21(32)29(13-26-19)12-17(30)25-11-15-5-3-4-6-16(15)23/h3-6,13-14H,2,7-12H2,1H3,(H,24,31)(H,25,30). The molecule has 11 heteroatoms. The number of anilines is 1. The van der Waals surface area contributed by atoms with Gasteiger partial charge in [0.15, 0.2) is 10.8 Å². The number of carbonyl (C=O) groups is 2. The van der Waals surface area contributed by atoms with Crippen LogP contribution in [0.15, 0.2) is 35.4 Å². The van der Waals surface area contributed by atoms with Crippen molar-refractivity contribution in [2.24, 2.45) is 5.92 Å². The number of benzene rings is 1. The minimum atomic E-state index is -0.310. The minimum absolute atomic E-state index is 0.00945. The molecule has 1 aliphatic rings. The molecule has 2 aromatic heterocycles. The van der Waals surface area contributed by atoms with Crippen LogP contribution in [0.1, 0.15) is 25.3 Å². The van der Waals surface area contributed by atoms with Crippen molar-refractivity contribution in [2.75, 3.05) is 24.5 Å². The number of fused-ring (bicyclic) bond motifs is 1. The lowest BCUT2D eigenvalue weighted by atomic mass is 9.96. The Kier molecular flexibility index (Phi) is 7.24. The molecule has 0 radical (unpaired) electrons. The number of rotatable bonds is 7. The second-order valence-corrected chi connectivity index (χ2v) is 9.24. The van der Waals surface area contributed by atoms with E-state index in [0.29, 0.717) is 40.1 Å². The van der Waals surface area contributed by atoms with Gasteiger partial charge in [-0.25, -0.2) is 4.98 Å². The SMILES string of the molecule is CCNC(=O)C1CCN(c2nc3ncn(CC(=O)NCc4ccccc4Cl)c(=O)c3s2)CC1. The molecule has 0 unspecified atom stereocenters. The molecule has 1 fully saturated rings. The number of thiazole rings is 1. The van der Waals surface area contributed by atoms with Crippen LogP contribution >= 0.6 is 22.9 Å². The summed E-state index contributed by atoms with van der Waals surface area (Å²) in [5.74, 6) is -0.204. The third-order valence-corrected chi connectivity index (χ3v) is 7.07. The Labute approximate surface area is 199 Å². The lowest BCUT2D eigenvalue weighted by molar-refractivity contribution is -0.125. The summed E-state index contributed by atoms with van der Waals surface area (Å²) in [6.07, 6.45) is 2.83. The first-order valence-electron chi connectivity index (χ1n) is 10.8. The second-order valence-electron chi connectivity index (χ2n) is 7.85. The summed E-state index contributed by atoms with van der Waals surface area (Å²) >= 11 is 7.39. The predicted octanol–water partition coefficient (Wildman–Crippen LogP) is 2.18. The lowest BCUT2D eigenvalue weighted by Crippen LogP contribution is -2.40. The third-order valence-electron chi connectivity index (χ3n) is 5.61. The molecule has 9 nitrogen and oxygen atoms in total. The van der Waals surface area contributed by atoms with E-state index in [9.17, 15) is 14.4 Å². The van der Waals surface area contributed by atoms with E-state index in [4.69, 9.17) is 11.6 Å². The van der Waals surface area contributed by atoms with E-state index >= 15 is 0 Å². The third kappa shape index (κ3) is 5.33. The van der Waals surface area contributed by atoms with Gasteiger partial charge < -0.3 is 15.5 Å². The van der Waals surface area contributed by atoms with Gasteiger partial charge in [-0.1, -0.05) is 41.1 Å². The highest BCUT2D eigenvalue weighted by Gasteiger charge is 2.26. The van der Waals surface area contributed by atoms with Crippen molar-refractivity contribution in [1.82, 2.24) is 25.2 Å². The molecule has 174 valence electrons. The van der Waals surface area contributed by atoms with Crippen LogP contribution < -0.4 is 21.1 Å². The molecule has 1 aromatic carbocycles. The molecule has 0 bridgehead atoms. The topological polar surface area (TPSA) is 109 Å². The molecule has 1 aliphatic heterocycles. The van der Waals surface area contributed by atoms with E-state index in [2.05, 4.69) is 25.5 Å². The monoisotopic (exact) mass is 488 g/mol. The highest BCUT2D eigenvalue weighted by Crippen LogP contribution is 2.29. The molecule has 4 rings (SSSR count). The van der Waals surface area contributed by atoms with Gasteiger partial charge in [0.2, 0.25) is 11.8 Å². The minimum Gasteiger partial charge on any atom is -0.356 e. The average molecular weight is 489 g/mol. The number of piperidine rings is 1. The number of nitrogens with one attached hydrogen (secondary N) is 2. The van der Waals surface area contributed by atoms with E-state index in [0.717, 1.165) is 18.4 Å². The molecule has 0 saturated carbocycles. The Balaban J connectivity index is 1.41. The van der Waals surface area contributed by atoms with Crippen molar-refractivity contribution in [1.29, 1.82) is 0 Å². The van der Waals surface area contributed by atoms with Crippen LogP contribution in [0, 0.1) is 5.92 Å². The maximum Gasteiger partial charge on any atom is 0.273 e. The first-order valence-corrected chi connectivity index (χ1v) is 12.0. The van der Waals surface area contributed by atoms with Crippen molar-refractivity contribution in [3.8, 4) is 0 Å². The van der Waals surface area contributed by atoms with Gasteiger partial charge in [0, 0.05) is 37.1 Å². The van der Waals surface area contributed by atoms with E-state index in [1.54, 1.807) is 6.07 Å². The fraction of sp³-hybridized carbons (Fsp3) is 0.409. The molecule has 0 atom stereocenters. The molecule has 3 aromatic rings. The van der Waals surface area contributed by atoms with Gasteiger partial charge in [0.25, 0.3) is 5.56 Å². The predicted molar refractivity (Wildman–Crippen MR) is 129 cm³/mol. The van der Waals surface area contributed by atoms with Crippen molar-refractivity contribution < 1.29 is 9.59 Å². The Morgan fingerprint density at radius 1 is 1.21 bits per heavy atom. The smallest absolute Gasteiger partial charge is 0.273 e. The zero-order valence-electron chi connectivity index (χ0n) is 18.2. The van der Waals surface area contributed by atoms with Crippen molar-refractivity contribution in [2.45, 2.75) is 32.9 Å². The van der Waals surface area contributed by atoms with Gasteiger partial charge in [-0.15, -0.1) is 0 Å². The summed E-state index contributed by atoms with van der Waals surface area (Å²) in [6.45, 7) is 4.07. The van der Waals surface area contributed by atoms with Gasteiger partial charge in [-0.2, -0.15) is 4.98 Å². The molecule has 3 heterocycles. The Morgan fingerprint density at radius 3 is 2.70 bits per heavy atom. The molecule has 0 spiro atoms. The Bertz CT molecular complexity index is 1220. The van der Waals surface area contributed by atoms with Crippen LogP contribution in [0.5, 0.6) is 0 Å². The summed E-state index contributed by atoms with van der Waals surface area (Å²) in [5.41, 5.74) is 0.879. The lowest BCUT2D eigenvalue weighted by Gasteiger charge is -2.30. The van der Waals surface area contributed by atoms with E-state index < -0.39 is 0 Å². The van der Waals surface area contributed by atoms with E-state index in [1.165, 1.54) is 22.2 Å². The first kappa shape index (κ1) is 23.2. The summed E-state index contributed by atoms with van der Waals surface area (Å²) in [5, 5.41) is 6.94. The zero-order chi connectivity index (χ0) is 23.4. The van der Waals surface area contributed by atoms with Crippen LogP contribution in [-0.4, -0.2) is 46.0 Å². The van der Waals surface area contributed by atoms with E-state index in [1.807, 2.05) is 25.1 Å². The molecular weight excluding hydrogens is 464 g/mol. The normalized spacial score (nSPS) is 14.4. The summed E-state index contributed by atoms with van der Waals surface area (Å²) in [6, 6.07) is 7.26. The number of aromatic nitrogens is 3. The first-order chi connectivity index (χ1) is 16.0. The number of hydrogen-bond donors (Lipinski definition) is 2. The second kappa shape index (κ2) is 10.3. The fourth-order valence-electron chi connectivity index (χ4n) is 3.78. The van der Waals surface area contributed by atoms with Gasteiger partial charge in [-0.3, -0.25) is 19.0 Å². The van der Waals surface area contributed by atoms with Crippen molar-refractivity contribution >= 4 is 50.2 Å². The molecular formula is C22H25ClN6O3S. The maximum atomic E-state index is 12.9. The largest absolute Gasteiger partial charge is 0.356 e. The highest BCUT2D eigenvalue weighted by atomic mass is 35.5. The Morgan fingerprint density at radius 2 is 1.97 bits per heavy atom. The number of hydrogen-bond acceptors (Lipinski definition) is 7. The maximum absolute atomic E-state index is 12.9. The number of nitrogens with zero attached hydrogens (tertiary/aromatic N) is 4. The van der Waals surface area contributed by atoms with Gasteiger partial charge >= 0.3 is 0 Å². The molecule has 33 heavy (non-hydrogen) atoms. The highest BCUT2D eigenvalue weighted by molar-refractivity contribution is 7.22. The fourth-order valence-corrected chi connectivity index (χ4v) is 5.00. The van der Waals surface area contributed by atoms with Crippen LogP contribution in [0.4, 0.5) is 5.13 Å². The zero-order valence-corrected chi connectivity index (χ0v) is 19.8.